The number of unbranched alkanes of at least 4 members (excludes halogenated alkanes) is 4. The van der Waals surface area contributed by atoms with Gasteiger partial charge in [0.15, 0.2) is 5.65 Å². The molecule has 5 heterocycles. The summed E-state index contributed by atoms with van der Waals surface area (Å²) in [6.07, 6.45) is 10.3. The Labute approximate surface area is 224 Å². The molecule has 36 heavy (non-hydrogen) atoms. The highest BCUT2D eigenvalue weighted by atomic mass is 79.9. The number of aromatic nitrogens is 4. The lowest BCUT2D eigenvalue weighted by molar-refractivity contribution is 0.0250. The highest BCUT2D eigenvalue weighted by Gasteiger charge is 2.23. The summed E-state index contributed by atoms with van der Waals surface area (Å²) in [5.74, 6) is 0.459. The number of rotatable bonds is 9. The average Bonchev–Trinajstić information content (AvgIpc) is 3.34. The van der Waals surface area contributed by atoms with Gasteiger partial charge in [0.2, 0.25) is 0 Å². The van der Waals surface area contributed by atoms with E-state index in [0.717, 1.165) is 63.2 Å². The van der Waals surface area contributed by atoms with Crippen molar-refractivity contribution < 1.29 is 4.74 Å². The van der Waals surface area contributed by atoms with Crippen LogP contribution in [-0.4, -0.2) is 39.6 Å². The summed E-state index contributed by atoms with van der Waals surface area (Å²) in [6, 6.07) is 6.30. The molecule has 0 aromatic carbocycles. The fourth-order valence-electron chi connectivity index (χ4n) is 4.75. The fraction of sp³-hybridized carbons (Fsp3) is 0.407. The highest BCUT2D eigenvalue weighted by molar-refractivity contribution is 9.10. The van der Waals surface area contributed by atoms with E-state index in [9.17, 15) is 0 Å². The normalized spacial score (nSPS) is 16.0. The number of nitrogens with two attached hydrogens (primary N) is 1. The maximum Gasteiger partial charge on any atom is 0.165 e. The van der Waals surface area contributed by atoms with Crippen molar-refractivity contribution in [2.75, 3.05) is 25.4 Å². The third-order valence-electron chi connectivity index (χ3n) is 6.57. The van der Waals surface area contributed by atoms with Crippen LogP contribution in [-0.2, 0) is 11.2 Å². The van der Waals surface area contributed by atoms with Crippen molar-refractivity contribution in [1.82, 2.24) is 25.3 Å². The van der Waals surface area contributed by atoms with Gasteiger partial charge in [0.25, 0.3) is 0 Å². The third-order valence-corrected chi connectivity index (χ3v) is 8.28. The maximum absolute atomic E-state index is 6.43. The van der Waals surface area contributed by atoms with E-state index in [2.05, 4.69) is 61.7 Å². The Morgan fingerprint density at radius 3 is 2.78 bits per heavy atom. The van der Waals surface area contributed by atoms with Gasteiger partial charge in [-0.15, -0.1) is 11.3 Å². The molecule has 3 N–H and O–H groups in total. The van der Waals surface area contributed by atoms with Crippen LogP contribution in [0.2, 0.25) is 0 Å². The summed E-state index contributed by atoms with van der Waals surface area (Å²) in [4.78, 5) is 19.8. The first-order valence-electron chi connectivity index (χ1n) is 12.6. The molecule has 5 rings (SSSR count). The van der Waals surface area contributed by atoms with Crippen LogP contribution in [0.5, 0.6) is 0 Å². The van der Waals surface area contributed by atoms with Crippen molar-refractivity contribution in [3.63, 3.8) is 0 Å². The number of hydrogen-bond donors (Lipinski definition) is 2. The van der Waals surface area contributed by atoms with Crippen molar-refractivity contribution >= 4 is 44.1 Å². The van der Waals surface area contributed by atoms with Crippen molar-refractivity contribution in [2.45, 2.75) is 51.6 Å². The molecule has 1 aliphatic rings. The van der Waals surface area contributed by atoms with Crippen LogP contribution in [0.25, 0.3) is 32.7 Å². The summed E-state index contributed by atoms with van der Waals surface area (Å²) in [5.41, 5.74) is 12.1. The van der Waals surface area contributed by atoms with E-state index < -0.39 is 0 Å². The Hall–Kier alpha value is -2.46. The predicted octanol–water partition coefficient (Wildman–Crippen LogP) is 6.33. The summed E-state index contributed by atoms with van der Waals surface area (Å²) < 4.78 is 6.94. The van der Waals surface area contributed by atoms with Gasteiger partial charge in [-0.2, -0.15) is 0 Å². The first-order chi connectivity index (χ1) is 17.7. The third kappa shape index (κ3) is 5.44. The molecular weight excluding hydrogens is 536 g/mol. The Morgan fingerprint density at radius 2 is 2.06 bits per heavy atom. The van der Waals surface area contributed by atoms with Gasteiger partial charge in [-0.1, -0.05) is 32.6 Å². The Balaban J connectivity index is 1.62. The van der Waals surface area contributed by atoms with Crippen molar-refractivity contribution in [1.29, 1.82) is 0 Å². The van der Waals surface area contributed by atoms with Gasteiger partial charge < -0.3 is 15.8 Å². The molecule has 4 aromatic heterocycles. The number of ether oxygens (including phenoxy) is 1. The first kappa shape index (κ1) is 25.2. The minimum atomic E-state index is -0.0260. The molecule has 1 fully saturated rings. The molecule has 9 heteroatoms. The van der Waals surface area contributed by atoms with Gasteiger partial charge in [0.1, 0.15) is 18.2 Å². The van der Waals surface area contributed by atoms with E-state index in [-0.39, 0.29) is 6.10 Å². The lowest BCUT2D eigenvalue weighted by atomic mass is 9.93. The van der Waals surface area contributed by atoms with Crippen LogP contribution in [0, 0.1) is 0 Å². The predicted molar refractivity (Wildman–Crippen MR) is 150 cm³/mol. The van der Waals surface area contributed by atoms with E-state index in [1.54, 1.807) is 11.3 Å². The Morgan fingerprint density at radius 1 is 1.17 bits per heavy atom. The quantitative estimate of drug-likeness (QED) is 0.228. The second kappa shape index (κ2) is 11.7. The molecule has 4 aromatic rings. The van der Waals surface area contributed by atoms with Gasteiger partial charge in [-0.25, -0.2) is 15.0 Å². The molecule has 0 spiro atoms. The van der Waals surface area contributed by atoms with Crippen LogP contribution >= 0.6 is 27.3 Å². The maximum atomic E-state index is 6.43. The summed E-state index contributed by atoms with van der Waals surface area (Å²) in [6.45, 7) is 4.59. The van der Waals surface area contributed by atoms with Crippen molar-refractivity contribution in [2.24, 2.45) is 0 Å². The topological polar surface area (TPSA) is 98.8 Å². The number of nitrogens with zero attached hydrogens (tertiary/aromatic N) is 4. The Bertz CT molecular complexity index is 1320. The van der Waals surface area contributed by atoms with Crippen LogP contribution in [0.4, 0.5) is 5.82 Å². The number of nitrogens with one attached hydrogen (secondary N) is 1. The van der Waals surface area contributed by atoms with Gasteiger partial charge in [0.05, 0.1) is 23.4 Å². The van der Waals surface area contributed by atoms with Gasteiger partial charge in [-0.3, -0.25) is 4.98 Å². The van der Waals surface area contributed by atoms with E-state index in [1.165, 1.54) is 37.6 Å². The van der Waals surface area contributed by atoms with Crippen LogP contribution in [0.15, 0.2) is 40.6 Å². The number of thiophene rings is 1. The van der Waals surface area contributed by atoms with Crippen molar-refractivity contribution in [3.05, 3.63) is 51.8 Å². The molecule has 188 valence electrons. The van der Waals surface area contributed by atoms with E-state index >= 15 is 0 Å². The molecule has 0 aliphatic carbocycles. The first-order valence-corrected chi connectivity index (χ1v) is 14.3. The number of fused-ring (bicyclic) bond motifs is 1. The number of nitrogen functional groups attached to an aromatic ring is 1. The number of anilines is 1. The van der Waals surface area contributed by atoms with Crippen LogP contribution in [0.1, 0.15) is 56.4 Å². The van der Waals surface area contributed by atoms with Gasteiger partial charge in [0, 0.05) is 45.1 Å². The molecule has 0 amide bonds. The average molecular weight is 568 g/mol. The molecular formula is C27H31BrN6OS. The van der Waals surface area contributed by atoms with Crippen LogP contribution < -0.4 is 11.1 Å². The second-order valence-corrected chi connectivity index (χ2v) is 10.9. The number of morpholine rings is 1. The van der Waals surface area contributed by atoms with Crippen LogP contribution in [0.3, 0.4) is 0 Å². The van der Waals surface area contributed by atoms with Gasteiger partial charge in [-0.05, 0) is 52.5 Å². The number of halogens is 1. The summed E-state index contributed by atoms with van der Waals surface area (Å²) in [5, 5.41) is 6.30. The van der Waals surface area contributed by atoms with E-state index in [4.69, 9.17) is 20.4 Å². The van der Waals surface area contributed by atoms with Crippen molar-refractivity contribution in [3.8, 4) is 21.7 Å². The largest absolute Gasteiger partial charge is 0.383 e. The molecule has 1 saturated heterocycles. The standard InChI is InChI=1S/C27H31BrN6OS/c1-2-3-4-5-6-7-19-23(22-12-18(28)15-36-22)24-26(29)32-16-33-27(24)34-25(19)17-8-9-20(31-13-17)21-14-30-10-11-35-21/h8-9,12-13,15-16,21,30H,2-7,10-11,14H2,1H3,(H2,29,32,33,34). The Kier molecular flexibility index (Phi) is 8.21. The molecule has 7 nitrogen and oxygen atoms in total. The van der Waals surface area contributed by atoms with E-state index in [0.29, 0.717) is 18.1 Å². The minimum absolute atomic E-state index is 0.0260. The zero-order valence-corrected chi connectivity index (χ0v) is 22.9. The molecule has 1 aliphatic heterocycles. The summed E-state index contributed by atoms with van der Waals surface area (Å²) >= 11 is 5.32. The van der Waals surface area contributed by atoms with Gasteiger partial charge >= 0.3 is 0 Å². The number of hydrogen-bond acceptors (Lipinski definition) is 8. The second-order valence-electron chi connectivity index (χ2n) is 9.10. The molecule has 1 atom stereocenters. The summed E-state index contributed by atoms with van der Waals surface area (Å²) in [7, 11) is 0. The number of pyridine rings is 2. The monoisotopic (exact) mass is 566 g/mol. The van der Waals surface area contributed by atoms with E-state index in [1.807, 2.05) is 6.20 Å². The lowest BCUT2D eigenvalue weighted by Crippen LogP contribution is -2.33. The zero-order chi connectivity index (χ0) is 24.9. The smallest absolute Gasteiger partial charge is 0.165 e. The molecule has 0 saturated carbocycles. The zero-order valence-electron chi connectivity index (χ0n) is 20.5. The lowest BCUT2D eigenvalue weighted by Gasteiger charge is -2.23. The minimum Gasteiger partial charge on any atom is -0.383 e. The fourth-order valence-corrected chi connectivity index (χ4v) is 6.26. The highest BCUT2D eigenvalue weighted by Crippen LogP contribution is 2.42. The molecule has 1 unspecified atom stereocenters. The molecule has 0 radical (unpaired) electrons. The molecule has 0 bridgehead atoms. The SMILES string of the molecule is CCCCCCCc1c(-c2ccc(C3CNCCO3)nc2)nc2ncnc(N)c2c1-c1cc(Br)cs1.